The number of ether oxygens (including phenoxy) is 1. The summed E-state index contributed by atoms with van der Waals surface area (Å²) in [5, 5.41) is 27.0. The quantitative estimate of drug-likeness (QED) is 0.390. The Labute approximate surface area is 59.1 Å². The maximum atomic E-state index is 9.08. The Balaban J connectivity index is 2.52. The molecule has 0 saturated carbocycles. The summed E-state index contributed by atoms with van der Waals surface area (Å²) in [5.41, 5.74) is 0. The van der Waals surface area contributed by atoms with Crippen LogP contribution in [0.3, 0.4) is 0 Å². The smallest absolute Gasteiger partial charge is 0.110 e. The lowest BCUT2D eigenvalue weighted by molar-refractivity contribution is -0.181. The lowest BCUT2D eigenvalue weighted by Gasteiger charge is -2.33. The monoisotopic (exact) mass is 148 g/mol. The van der Waals surface area contributed by atoms with E-state index in [4.69, 9.17) is 20.1 Å². The van der Waals surface area contributed by atoms with E-state index in [2.05, 4.69) is 0 Å². The van der Waals surface area contributed by atoms with Crippen molar-refractivity contribution in [1.82, 2.24) is 0 Å². The van der Waals surface area contributed by atoms with E-state index in [1.807, 2.05) is 0 Å². The molecule has 4 nitrogen and oxygen atoms in total. The first-order valence-electron chi connectivity index (χ1n) is 3.28. The molecule has 0 radical (unpaired) electrons. The van der Waals surface area contributed by atoms with Crippen LogP contribution in [-0.4, -0.2) is 46.3 Å². The Morgan fingerprint density at radius 3 is 2.30 bits per heavy atom. The van der Waals surface area contributed by atoms with Gasteiger partial charge in [-0.2, -0.15) is 0 Å². The molecule has 10 heavy (non-hydrogen) atoms. The molecule has 4 heteroatoms. The van der Waals surface area contributed by atoms with Crippen molar-refractivity contribution in [3.63, 3.8) is 0 Å². The van der Waals surface area contributed by atoms with E-state index in [1.54, 1.807) is 6.92 Å². The van der Waals surface area contributed by atoms with E-state index in [-0.39, 0.29) is 6.61 Å². The van der Waals surface area contributed by atoms with Gasteiger partial charge < -0.3 is 20.1 Å². The fourth-order valence-electron chi connectivity index (χ4n) is 0.953. The van der Waals surface area contributed by atoms with E-state index in [9.17, 15) is 0 Å². The third-order valence-corrected chi connectivity index (χ3v) is 1.75. The van der Waals surface area contributed by atoms with E-state index in [0.29, 0.717) is 0 Å². The van der Waals surface area contributed by atoms with Crippen molar-refractivity contribution < 1.29 is 20.1 Å². The molecule has 1 aliphatic heterocycles. The molecule has 1 saturated heterocycles. The molecule has 0 aliphatic carbocycles. The predicted octanol–water partition coefficient (Wildman–Crippen LogP) is -1.51. The van der Waals surface area contributed by atoms with Gasteiger partial charge in [-0.25, -0.2) is 0 Å². The zero-order valence-corrected chi connectivity index (χ0v) is 5.77. The van der Waals surface area contributed by atoms with Crippen molar-refractivity contribution in [3.8, 4) is 0 Å². The summed E-state index contributed by atoms with van der Waals surface area (Å²) in [6, 6.07) is 0. The zero-order chi connectivity index (χ0) is 7.72. The molecule has 0 amide bonds. The van der Waals surface area contributed by atoms with Crippen molar-refractivity contribution in [2.45, 2.75) is 31.3 Å². The van der Waals surface area contributed by atoms with Gasteiger partial charge in [-0.1, -0.05) is 0 Å². The summed E-state index contributed by atoms with van der Waals surface area (Å²) in [4.78, 5) is 0. The molecule has 1 heterocycles. The molecule has 2 unspecified atom stereocenters. The Bertz CT molecular complexity index is 102. The van der Waals surface area contributed by atoms with Crippen molar-refractivity contribution in [3.05, 3.63) is 0 Å². The zero-order valence-electron chi connectivity index (χ0n) is 5.77. The van der Waals surface area contributed by atoms with Crippen LogP contribution in [0.15, 0.2) is 0 Å². The van der Waals surface area contributed by atoms with Crippen LogP contribution in [0.25, 0.3) is 0 Å². The maximum absolute atomic E-state index is 9.08. The summed E-state index contributed by atoms with van der Waals surface area (Å²) in [5.74, 6) is 0. The molecule has 0 bridgehead atoms. The van der Waals surface area contributed by atoms with E-state index < -0.39 is 24.4 Å². The first-order valence-corrected chi connectivity index (χ1v) is 3.28. The number of aliphatic hydroxyl groups is 3. The van der Waals surface area contributed by atoms with Crippen LogP contribution in [0.5, 0.6) is 0 Å². The largest absolute Gasteiger partial charge is 0.388 e. The van der Waals surface area contributed by atoms with Gasteiger partial charge in [0.25, 0.3) is 0 Å². The molecule has 0 aromatic rings. The number of rotatable bonds is 0. The minimum atomic E-state index is -1.07. The Morgan fingerprint density at radius 1 is 1.20 bits per heavy atom. The standard InChI is InChI=1S/C6H12O4/c1-3-5(8)6(9)4(7)2-10-3/h3-9H,2H2,1H3/t3?,4-,5?,6-/m0/s1. The van der Waals surface area contributed by atoms with Gasteiger partial charge in [-0.05, 0) is 6.92 Å². The van der Waals surface area contributed by atoms with Crippen LogP contribution >= 0.6 is 0 Å². The van der Waals surface area contributed by atoms with Gasteiger partial charge in [0, 0.05) is 0 Å². The second-order valence-electron chi connectivity index (χ2n) is 2.59. The SMILES string of the molecule is CC1OC[C@H](O)[C@H](O)C1O. The molecule has 0 spiro atoms. The lowest BCUT2D eigenvalue weighted by Crippen LogP contribution is -2.51. The Morgan fingerprint density at radius 2 is 1.80 bits per heavy atom. The van der Waals surface area contributed by atoms with Crippen LogP contribution < -0.4 is 0 Å². The van der Waals surface area contributed by atoms with Crippen molar-refractivity contribution in [2.24, 2.45) is 0 Å². The van der Waals surface area contributed by atoms with Crippen molar-refractivity contribution >= 4 is 0 Å². The molecule has 0 aromatic heterocycles. The third-order valence-electron chi connectivity index (χ3n) is 1.75. The van der Waals surface area contributed by atoms with Crippen LogP contribution in [0.4, 0.5) is 0 Å². The average Bonchev–Trinajstić information content (AvgIpc) is 1.93. The van der Waals surface area contributed by atoms with Gasteiger partial charge in [0.1, 0.15) is 18.3 Å². The summed E-state index contributed by atoms with van der Waals surface area (Å²) in [6.07, 6.45) is -3.38. The summed E-state index contributed by atoms with van der Waals surface area (Å²) >= 11 is 0. The topological polar surface area (TPSA) is 69.9 Å². The molecule has 0 aromatic carbocycles. The normalized spacial score (nSPS) is 49.2. The highest BCUT2D eigenvalue weighted by Gasteiger charge is 2.34. The van der Waals surface area contributed by atoms with Gasteiger partial charge in [0.15, 0.2) is 0 Å². The van der Waals surface area contributed by atoms with E-state index in [1.165, 1.54) is 0 Å². The van der Waals surface area contributed by atoms with Gasteiger partial charge in [0.05, 0.1) is 12.7 Å². The molecule has 1 aliphatic rings. The Kier molecular flexibility index (Phi) is 2.25. The third kappa shape index (κ3) is 1.29. The molecule has 3 N–H and O–H groups in total. The highest BCUT2D eigenvalue weighted by atomic mass is 16.5. The van der Waals surface area contributed by atoms with E-state index >= 15 is 0 Å². The van der Waals surface area contributed by atoms with Crippen LogP contribution in [0.2, 0.25) is 0 Å². The number of aliphatic hydroxyl groups excluding tert-OH is 3. The number of hydrogen-bond donors (Lipinski definition) is 3. The van der Waals surface area contributed by atoms with Gasteiger partial charge in [-0.15, -0.1) is 0 Å². The highest BCUT2D eigenvalue weighted by molar-refractivity contribution is 4.83. The second-order valence-corrected chi connectivity index (χ2v) is 2.59. The van der Waals surface area contributed by atoms with Crippen molar-refractivity contribution in [1.29, 1.82) is 0 Å². The average molecular weight is 148 g/mol. The molecular formula is C6H12O4. The fraction of sp³-hybridized carbons (Fsp3) is 1.00. The number of hydrogen-bond acceptors (Lipinski definition) is 4. The summed E-state index contributed by atoms with van der Waals surface area (Å²) in [7, 11) is 0. The maximum Gasteiger partial charge on any atom is 0.110 e. The first-order chi connectivity index (χ1) is 4.63. The van der Waals surface area contributed by atoms with Crippen LogP contribution in [0, 0.1) is 0 Å². The summed E-state index contributed by atoms with van der Waals surface area (Å²) < 4.78 is 4.91. The van der Waals surface area contributed by atoms with Crippen LogP contribution in [0.1, 0.15) is 6.92 Å². The molecule has 4 atom stereocenters. The predicted molar refractivity (Wildman–Crippen MR) is 33.4 cm³/mol. The fourth-order valence-corrected chi connectivity index (χ4v) is 0.953. The Hall–Kier alpha value is -0.160. The molecular weight excluding hydrogens is 136 g/mol. The van der Waals surface area contributed by atoms with Gasteiger partial charge in [-0.3, -0.25) is 0 Å². The first kappa shape index (κ1) is 7.94. The molecule has 1 fully saturated rings. The lowest BCUT2D eigenvalue weighted by atomic mass is 10.0. The minimum absolute atomic E-state index is 0.0966. The van der Waals surface area contributed by atoms with E-state index in [0.717, 1.165) is 0 Å². The van der Waals surface area contributed by atoms with Gasteiger partial charge in [0.2, 0.25) is 0 Å². The van der Waals surface area contributed by atoms with Crippen molar-refractivity contribution in [2.75, 3.05) is 6.61 Å². The molecule has 60 valence electrons. The molecule has 1 rings (SSSR count). The second kappa shape index (κ2) is 2.84. The highest BCUT2D eigenvalue weighted by Crippen LogP contribution is 2.14. The van der Waals surface area contributed by atoms with Crippen LogP contribution in [-0.2, 0) is 4.74 Å². The van der Waals surface area contributed by atoms with Gasteiger partial charge >= 0.3 is 0 Å². The minimum Gasteiger partial charge on any atom is -0.388 e. The summed E-state index contributed by atoms with van der Waals surface area (Å²) in [6.45, 7) is 1.75.